The summed E-state index contributed by atoms with van der Waals surface area (Å²) in [4.78, 5) is 4.82. The largest absolute Gasteiger partial charge is 0.314 e. The van der Waals surface area contributed by atoms with Crippen molar-refractivity contribution in [3.63, 3.8) is 0 Å². The number of piperazine rings is 1. The molecule has 0 atom stereocenters. The first kappa shape index (κ1) is 13.0. The number of hydrogen-bond acceptors (Lipinski definition) is 3. The fraction of sp³-hybridized carbons (Fsp3) is 0.818. The van der Waals surface area contributed by atoms with Gasteiger partial charge in [0.1, 0.15) is 0 Å². The fourth-order valence-corrected chi connectivity index (χ4v) is 1.86. The molecule has 0 aliphatic carbocycles. The van der Waals surface area contributed by atoms with Gasteiger partial charge in [0.15, 0.2) is 0 Å². The summed E-state index contributed by atoms with van der Waals surface area (Å²) in [6, 6.07) is 0. The molecule has 1 aliphatic rings. The Kier molecular flexibility index (Phi) is 6.25. The van der Waals surface area contributed by atoms with E-state index in [1.807, 2.05) is 0 Å². The van der Waals surface area contributed by atoms with Gasteiger partial charge in [0.05, 0.1) is 0 Å². The Bertz CT molecular complexity index is 200. The van der Waals surface area contributed by atoms with Crippen molar-refractivity contribution in [2.45, 2.75) is 6.92 Å². The Balaban J connectivity index is 2.12. The minimum Gasteiger partial charge on any atom is -0.314 e. The third kappa shape index (κ3) is 5.52. The first-order chi connectivity index (χ1) is 7.22. The molecule has 1 saturated heterocycles. The normalized spacial score (nSPS) is 19.9. The van der Waals surface area contributed by atoms with Crippen LogP contribution in [-0.2, 0) is 0 Å². The highest BCUT2D eigenvalue weighted by atomic mass is 35.5. The second-order valence-corrected chi connectivity index (χ2v) is 4.50. The van der Waals surface area contributed by atoms with Gasteiger partial charge in [-0.15, -0.1) is 0 Å². The van der Waals surface area contributed by atoms with E-state index in [2.05, 4.69) is 29.1 Å². The summed E-state index contributed by atoms with van der Waals surface area (Å²) in [7, 11) is 2.14. The van der Waals surface area contributed by atoms with Crippen molar-refractivity contribution < 1.29 is 0 Å². The maximum absolute atomic E-state index is 5.64. The van der Waals surface area contributed by atoms with Crippen molar-refractivity contribution in [2.75, 3.05) is 52.9 Å². The third-order valence-electron chi connectivity index (χ3n) is 2.71. The lowest BCUT2D eigenvalue weighted by Crippen LogP contribution is -2.46. The molecule has 1 rings (SSSR count). The molecule has 1 heterocycles. The number of rotatable bonds is 5. The van der Waals surface area contributed by atoms with Gasteiger partial charge in [0.2, 0.25) is 0 Å². The van der Waals surface area contributed by atoms with Crippen molar-refractivity contribution in [1.29, 1.82) is 0 Å². The second kappa shape index (κ2) is 7.23. The van der Waals surface area contributed by atoms with E-state index in [0.29, 0.717) is 0 Å². The number of nitrogens with one attached hydrogen (secondary N) is 1. The van der Waals surface area contributed by atoms with E-state index in [1.165, 1.54) is 18.7 Å². The van der Waals surface area contributed by atoms with E-state index in [0.717, 1.165) is 32.7 Å². The van der Waals surface area contributed by atoms with Crippen LogP contribution in [0.5, 0.6) is 0 Å². The molecule has 3 nitrogen and oxygen atoms in total. The predicted molar refractivity (Wildman–Crippen MR) is 66.4 cm³/mol. The molecule has 15 heavy (non-hydrogen) atoms. The Hall–Kier alpha value is -0.0900. The van der Waals surface area contributed by atoms with Crippen molar-refractivity contribution >= 4 is 11.6 Å². The molecule has 0 unspecified atom stereocenters. The molecule has 0 amide bonds. The van der Waals surface area contributed by atoms with E-state index >= 15 is 0 Å². The smallest absolute Gasteiger partial charge is 0.0199 e. The Morgan fingerprint density at radius 1 is 1.47 bits per heavy atom. The van der Waals surface area contributed by atoms with Crippen LogP contribution in [0.15, 0.2) is 11.1 Å². The molecule has 4 heteroatoms. The van der Waals surface area contributed by atoms with Gasteiger partial charge < -0.3 is 10.2 Å². The molecular weight excluding hydrogens is 210 g/mol. The molecule has 0 aromatic carbocycles. The second-order valence-electron chi connectivity index (χ2n) is 4.28. The van der Waals surface area contributed by atoms with E-state index in [4.69, 9.17) is 11.6 Å². The lowest BCUT2D eigenvalue weighted by atomic mass is 10.3. The van der Waals surface area contributed by atoms with Crippen LogP contribution in [0.1, 0.15) is 6.92 Å². The maximum Gasteiger partial charge on any atom is 0.0199 e. The van der Waals surface area contributed by atoms with Crippen LogP contribution in [0, 0.1) is 0 Å². The zero-order chi connectivity index (χ0) is 11.1. The van der Waals surface area contributed by atoms with Crippen LogP contribution < -0.4 is 5.32 Å². The number of likely N-dealkylation sites (N-methyl/N-ethyl adjacent to an activating group) is 1. The van der Waals surface area contributed by atoms with Crippen LogP contribution in [0.3, 0.4) is 0 Å². The molecule has 1 N–H and O–H groups in total. The summed E-state index contributed by atoms with van der Waals surface area (Å²) in [6.45, 7) is 9.92. The summed E-state index contributed by atoms with van der Waals surface area (Å²) in [5.74, 6) is 0. The van der Waals surface area contributed by atoms with E-state index in [1.54, 1.807) is 5.54 Å². The highest BCUT2D eigenvalue weighted by Crippen LogP contribution is 1.99. The third-order valence-corrected chi connectivity index (χ3v) is 3.09. The number of halogens is 1. The van der Waals surface area contributed by atoms with E-state index < -0.39 is 0 Å². The number of nitrogens with zero attached hydrogens (tertiary/aromatic N) is 2. The van der Waals surface area contributed by atoms with Gasteiger partial charge >= 0.3 is 0 Å². The van der Waals surface area contributed by atoms with Gasteiger partial charge in [0, 0.05) is 51.3 Å². The Labute approximate surface area is 98.1 Å². The van der Waals surface area contributed by atoms with E-state index in [-0.39, 0.29) is 0 Å². The summed E-state index contributed by atoms with van der Waals surface area (Å²) in [5.41, 5.74) is 2.89. The molecule has 0 aromatic heterocycles. The van der Waals surface area contributed by atoms with Gasteiger partial charge in [-0.3, -0.25) is 4.90 Å². The molecule has 0 aromatic rings. The van der Waals surface area contributed by atoms with Crippen molar-refractivity contribution in [2.24, 2.45) is 0 Å². The van der Waals surface area contributed by atoms with Gasteiger partial charge in [-0.05, 0) is 19.5 Å². The monoisotopic (exact) mass is 231 g/mol. The van der Waals surface area contributed by atoms with Gasteiger partial charge in [-0.25, -0.2) is 0 Å². The maximum atomic E-state index is 5.64. The lowest BCUT2D eigenvalue weighted by Gasteiger charge is -2.29. The molecule has 1 aliphatic heterocycles. The minimum atomic E-state index is 0.968. The van der Waals surface area contributed by atoms with Crippen LogP contribution in [0.4, 0.5) is 0 Å². The molecule has 1 fully saturated rings. The van der Waals surface area contributed by atoms with Gasteiger partial charge in [0.25, 0.3) is 0 Å². The van der Waals surface area contributed by atoms with Gasteiger partial charge in [-0.2, -0.15) is 0 Å². The van der Waals surface area contributed by atoms with Crippen LogP contribution >= 0.6 is 11.6 Å². The minimum absolute atomic E-state index is 0.968. The zero-order valence-corrected chi connectivity index (χ0v) is 10.6. The Morgan fingerprint density at radius 2 is 2.13 bits per heavy atom. The molecule has 0 saturated carbocycles. The molecular formula is C11H22ClN3. The molecule has 0 radical (unpaired) electrons. The summed E-state index contributed by atoms with van der Waals surface area (Å²) in [6.07, 6.45) is 0. The standard InChI is InChI=1S/C11H22ClN3/c1-11(9-12)10-14(2)7-8-15-5-3-13-4-6-15/h9,13H,3-8,10H2,1-2H3. The zero-order valence-electron chi connectivity index (χ0n) is 9.80. The van der Waals surface area contributed by atoms with Crippen LogP contribution in [0.25, 0.3) is 0 Å². The summed E-state index contributed by atoms with van der Waals surface area (Å²) < 4.78 is 0. The fourth-order valence-electron chi connectivity index (χ4n) is 1.79. The van der Waals surface area contributed by atoms with Crippen molar-refractivity contribution in [3.05, 3.63) is 11.1 Å². The Morgan fingerprint density at radius 3 is 2.73 bits per heavy atom. The predicted octanol–water partition coefficient (Wildman–Crippen LogP) is 0.966. The van der Waals surface area contributed by atoms with Crippen molar-refractivity contribution in [3.8, 4) is 0 Å². The lowest BCUT2D eigenvalue weighted by molar-refractivity contribution is 0.210. The van der Waals surface area contributed by atoms with E-state index in [9.17, 15) is 0 Å². The highest BCUT2D eigenvalue weighted by molar-refractivity contribution is 6.25. The topological polar surface area (TPSA) is 18.5 Å². The summed E-state index contributed by atoms with van der Waals surface area (Å²) in [5, 5.41) is 3.36. The highest BCUT2D eigenvalue weighted by Gasteiger charge is 2.09. The first-order valence-corrected chi connectivity index (χ1v) is 6.03. The van der Waals surface area contributed by atoms with Crippen LogP contribution in [0.2, 0.25) is 0 Å². The molecule has 0 bridgehead atoms. The molecule has 0 spiro atoms. The quantitative estimate of drug-likeness (QED) is 0.761. The average molecular weight is 232 g/mol. The molecule has 88 valence electrons. The first-order valence-electron chi connectivity index (χ1n) is 5.60. The number of hydrogen-bond donors (Lipinski definition) is 1. The SMILES string of the molecule is CC(=CCl)CN(C)CCN1CCNCC1. The van der Waals surface area contributed by atoms with Crippen molar-refractivity contribution in [1.82, 2.24) is 15.1 Å². The average Bonchev–Trinajstić information content (AvgIpc) is 2.27. The van der Waals surface area contributed by atoms with Gasteiger partial charge in [-0.1, -0.05) is 11.6 Å². The summed E-state index contributed by atoms with van der Waals surface area (Å²) >= 11 is 5.64. The van der Waals surface area contributed by atoms with Crippen LogP contribution in [-0.4, -0.2) is 62.7 Å².